The highest BCUT2D eigenvalue weighted by atomic mass is 19.1. The number of hydrogen-bond acceptors (Lipinski definition) is 3. The first-order chi connectivity index (χ1) is 9.42. The van der Waals surface area contributed by atoms with Crippen molar-refractivity contribution in [2.24, 2.45) is 0 Å². The summed E-state index contributed by atoms with van der Waals surface area (Å²) in [6, 6.07) is 6.56. The second kappa shape index (κ2) is 8.35. The highest BCUT2D eigenvalue weighted by molar-refractivity contribution is 5.19. The number of benzene rings is 1. The van der Waals surface area contributed by atoms with E-state index < -0.39 is 0 Å². The van der Waals surface area contributed by atoms with Gasteiger partial charge in [0.2, 0.25) is 0 Å². The van der Waals surface area contributed by atoms with Crippen LogP contribution in [0.2, 0.25) is 0 Å². The zero-order valence-corrected chi connectivity index (χ0v) is 12.9. The van der Waals surface area contributed by atoms with E-state index >= 15 is 0 Å². The molecule has 20 heavy (non-hydrogen) atoms. The van der Waals surface area contributed by atoms with E-state index in [1.54, 1.807) is 6.07 Å². The minimum absolute atomic E-state index is 0.00511. The fourth-order valence-electron chi connectivity index (χ4n) is 1.77. The lowest BCUT2D eigenvalue weighted by molar-refractivity contribution is 0.00448. The average molecular weight is 283 g/mol. The first-order valence-corrected chi connectivity index (χ1v) is 7.12. The van der Waals surface area contributed by atoms with E-state index in [0.717, 1.165) is 5.56 Å². The van der Waals surface area contributed by atoms with Gasteiger partial charge in [-0.2, -0.15) is 0 Å². The van der Waals surface area contributed by atoms with Gasteiger partial charge < -0.3 is 14.8 Å². The van der Waals surface area contributed by atoms with E-state index in [1.807, 2.05) is 13.0 Å². The summed E-state index contributed by atoms with van der Waals surface area (Å²) in [5.41, 5.74) is 0.840. The Morgan fingerprint density at radius 3 is 2.60 bits per heavy atom. The van der Waals surface area contributed by atoms with Gasteiger partial charge in [-0.15, -0.1) is 0 Å². The maximum atomic E-state index is 13.3. The number of rotatable bonds is 8. The van der Waals surface area contributed by atoms with E-state index in [9.17, 15) is 4.39 Å². The van der Waals surface area contributed by atoms with Gasteiger partial charge in [-0.3, -0.25) is 0 Å². The Labute approximate surface area is 121 Å². The lowest BCUT2D eigenvalue weighted by Gasteiger charge is -2.26. The molecule has 0 spiro atoms. The Kier molecular flexibility index (Phi) is 7.13. The van der Waals surface area contributed by atoms with Crippen molar-refractivity contribution < 1.29 is 13.9 Å². The molecule has 1 aromatic rings. The van der Waals surface area contributed by atoms with Crippen molar-refractivity contribution in [2.75, 3.05) is 26.4 Å². The van der Waals surface area contributed by atoms with Crippen LogP contribution in [0.3, 0.4) is 0 Å². The zero-order chi connectivity index (χ0) is 15.0. The van der Waals surface area contributed by atoms with Crippen LogP contribution in [0, 0.1) is 5.82 Å². The lowest BCUT2D eigenvalue weighted by atomic mass is 10.1. The SMILES string of the molecule is CCOCCOC(CNC(C)(C)C)c1cccc(F)c1. The molecule has 0 aliphatic rings. The van der Waals surface area contributed by atoms with Gasteiger partial charge in [-0.25, -0.2) is 4.39 Å². The molecule has 0 aliphatic carbocycles. The molecular weight excluding hydrogens is 257 g/mol. The second-order valence-electron chi connectivity index (χ2n) is 5.74. The van der Waals surface area contributed by atoms with Gasteiger partial charge in [0, 0.05) is 18.7 Å². The smallest absolute Gasteiger partial charge is 0.123 e. The van der Waals surface area contributed by atoms with Crippen molar-refractivity contribution in [3.05, 3.63) is 35.6 Å². The molecule has 0 fully saturated rings. The van der Waals surface area contributed by atoms with Crippen LogP contribution in [0.15, 0.2) is 24.3 Å². The summed E-state index contributed by atoms with van der Waals surface area (Å²) in [5, 5.41) is 3.39. The minimum atomic E-state index is -0.239. The molecule has 1 aromatic carbocycles. The van der Waals surface area contributed by atoms with Crippen molar-refractivity contribution in [3.63, 3.8) is 0 Å². The van der Waals surface area contributed by atoms with E-state index in [4.69, 9.17) is 9.47 Å². The van der Waals surface area contributed by atoms with Gasteiger partial charge in [0.25, 0.3) is 0 Å². The summed E-state index contributed by atoms with van der Waals surface area (Å²) in [7, 11) is 0. The molecule has 0 aromatic heterocycles. The first-order valence-electron chi connectivity index (χ1n) is 7.12. The van der Waals surface area contributed by atoms with Crippen molar-refractivity contribution in [2.45, 2.75) is 39.3 Å². The molecule has 0 aliphatic heterocycles. The molecule has 1 rings (SSSR count). The van der Waals surface area contributed by atoms with Crippen molar-refractivity contribution in [3.8, 4) is 0 Å². The molecule has 0 heterocycles. The van der Waals surface area contributed by atoms with E-state index in [1.165, 1.54) is 12.1 Å². The zero-order valence-electron chi connectivity index (χ0n) is 12.9. The van der Waals surface area contributed by atoms with Crippen molar-refractivity contribution in [1.82, 2.24) is 5.32 Å². The Morgan fingerprint density at radius 2 is 2.00 bits per heavy atom. The van der Waals surface area contributed by atoms with Crippen molar-refractivity contribution in [1.29, 1.82) is 0 Å². The number of ether oxygens (including phenoxy) is 2. The highest BCUT2D eigenvalue weighted by Gasteiger charge is 2.16. The fourth-order valence-corrected chi connectivity index (χ4v) is 1.77. The third kappa shape index (κ3) is 6.98. The molecule has 0 saturated carbocycles. The predicted molar refractivity (Wildman–Crippen MR) is 79.3 cm³/mol. The Hall–Kier alpha value is -0.970. The van der Waals surface area contributed by atoms with Crippen LogP contribution < -0.4 is 5.32 Å². The summed E-state index contributed by atoms with van der Waals surface area (Å²) in [4.78, 5) is 0. The quantitative estimate of drug-likeness (QED) is 0.743. The Bertz CT molecular complexity index is 390. The van der Waals surface area contributed by atoms with Crippen LogP contribution in [0.4, 0.5) is 4.39 Å². The van der Waals surface area contributed by atoms with E-state index in [2.05, 4.69) is 26.1 Å². The maximum absolute atomic E-state index is 13.3. The molecule has 3 nitrogen and oxygen atoms in total. The van der Waals surface area contributed by atoms with Crippen LogP contribution >= 0.6 is 0 Å². The molecule has 1 atom stereocenters. The monoisotopic (exact) mass is 283 g/mol. The van der Waals surface area contributed by atoms with Crippen LogP contribution in [0.25, 0.3) is 0 Å². The number of nitrogens with one attached hydrogen (secondary N) is 1. The minimum Gasteiger partial charge on any atom is -0.379 e. The van der Waals surface area contributed by atoms with Gasteiger partial charge in [0.15, 0.2) is 0 Å². The predicted octanol–water partition coefficient (Wildman–Crippen LogP) is 3.31. The standard InChI is InChI=1S/C16H26FNO2/c1-5-19-9-10-20-15(12-18-16(2,3)4)13-7-6-8-14(17)11-13/h6-8,11,15,18H,5,9-10,12H2,1-4H3. The molecule has 0 bridgehead atoms. The van der Waals surface area contributed by atoms with Crippen LogP contribution in [-0.2, 0) is 9.47 Å². The second-order valence-corrected chi connectivity index (χ2v) is 5.74. The molecule has 4 heteroatoms. The molecule has 0 radical (unpaired) electrons. The molecule has 0 amide bonds. The van der Waals surface area contributed by atoms with Gasteiger partial charge in [0.05, 0.1) is 19.3 Å². The normalized spacial score (nSPS) is 13.4. The molecule has 1 unspecified atom stereocenters. The van der Waals surface area contributed by atoms with Crippen LogP contribution in [0.1, 0.15) is 39.4 Å². The average Bonchev–Trinajstić information content (AvgIpc) is 2.36. The largest absolute Gasteiger partial charge is 0.379 e. The van der Waals surface area contributed by atoms with E-state index in [-0.39, 0.29) is 17.5 Å². The van der Waals surface area contributed by atoms with Gasteiger partial charge >= 0.3 is 0 Å². The van der Waals surface area contributed by atoms with Gasteiger partial charge in [-0.05, 0) is 45.4 Å². The Morgan fingerprint density at radius 1 is 1.25 bits per heavy atom. The topological polar surface area (TPSA) is 30.5 Å². The summed E-state index contributed by atoms with van der Waals surface area (Å²) >= 11 is 0. The molecule has 1 N–H and O–H groups in total. The maximum Gasteiger partial charge on any atom is 0.123 e. The van der Waals surface area contributed by atoms with Crippen LogP contribution in [0.5, 0.6) is 0 Å². The Balaban J connectivity index is 2.63. The van der Waals surface area contributed by atoms with Gasteiger partial charge in [-0.1, -0.05) is 12.1 Å². The number of halogens is 1. The summed E-state index contributed by atoms with van der Waals surface area (Å²) in [6.45, 7) is 10.6. The molecular formula is C16H26FNO2. The third-order valence-electron chi connectivity index (χ3n) is 2.79. The van der Waals surface area contributed by atoms with E-state index in [0.29, 0.717) is 26.4 Å². The fraction of sp³-hybridized carbons (Fsp3) is 0.625. The summed E-state index contributed by atoms with van der Waals surface area (Å²) in [5.74, 6) is -0.239. The number of hydrogen-bond donors (Lipinski definition) is 1. The molecule has 0 saturated heterocycles. The molecule has 114 valence electrons. The lowest BCUT2D eigenvalue weighted by Crippen LogP contribution is -2.39. The van der Waals surface area contributed by atoms with Crippen LogP contribution in [-0.4, -0.2) is 31.9 Å². The third-order valence-corrected chi connectivity index (χ3v) is 2.79. The van der Waals surface area contributed by atoms with Crippen molar-refractivity contribution >= 4 is 0 Å². The summed E-state index contributed by atoms with van der Waals surface area (Å²) < 4.78 is 24.4. The summed E-state index contributed by atoms with van der Waals surface area (Å²) in [6.07, 6.45) is -0.176. The van der Waals surface area contributed by atoms with Gasteiger partial charge in [0.1, 0.15) is 5.82 Å². The first kappa shape index (κ1) is 17.1. The highest BCUT2D eigenvalue weighted by Crippen LogP contribution is 2.18.